The van der Waals surface area contributed by atoms with Gasteiger partial charge in [0, 0.05) is 38.4 Å². The van der Waals surface area contributed by atoms with E-state index in [9.17, 15) is 4.79 Å². The van der Waals surface area contributed by atoms with Crippen molar-refractivity contribution in [1.82, 2.24) is 25.2 Å². The molecule has 1 amide bonds. The second-order valence-electron chi connectivity index (χ2n) is 12.1. The fraction of sp³-hybridized carbons (Fsp3) is 0.400. The van der Waals surface area contributed by atoms with Crippen LogP contribution < -0.4 is 10.2 Å². The number of nitrogens with zero attached hydrogens (tertiary/aromatic N) is 5. The highest BCUT2D eigenvalue weighted by Gasteiger charge is 2.29. The van der Waals surface area contributed by atoms with Gasteiger partial charge in [-0.3, -0.25) is 4.90 Å². The van der Waals surface area contributed by atoms with E-state index < -0.39 is 0 Å². The van der Waals surface area contributed by atoms with Gasteiger partial charge in [0.15, 0.2) is 0 Å². The zero-order valence-corrected chi connectivity index (χ0v) is 26.9. The number of alkyl carbamates (subject to hydrolysis) is 1. The summed E-state index contributed by atoms with van der Waals surface area (Å²) in [5.74, 6) is 0. The molecule has 236 valence electrons. The molecule has 1 aliphatic heterocycles. The first-order valence-electron chi connectivity index (χ1n) is 15.9. The van der Waals surface area contributed by atoms with Crippen molar-refractivity contribution in [2.24, 2.45) is 0 Å². The molecule has 2 atom stereocenters. The Bertz CT molecular complexity index is 1520. The summed E-state index contributed by atoms with van der Waals surface area (Å²) in [7, 11) is 0. The number of benzene rings is 3. The Kier molecular flexibility index (Phi) is 10.6. The second-order valence-corrected chi connectivity index (χ2v) is 12.9. The van der Waals surface area contributed by atoms with Crippen molar-refractivity contribution in [2.45, 2.75) is 63.3 Å². The summed E-state index contributed by atoms with van der Waals surface area (Å²) < 4.78 is 7.80. The number of hydrogen-bond donors (Lipinski definition) is 1. The Morgan fingerprint density at radius 2 is 1.53 bits per heavy atom. The average Bonchev–Trinajstić information content (AvgIpc) is 3.75. The predicted octanol–water partition coefficient (Wildman–Crippen LogP) is 6.97. The van der Waals surface area contributed by atoms with Crippen LogP contribution in [0.15, 0.2) is 85.1 Å². The smallest absolute Gasteiger partial charge is 0.407 e. The van der Waals surface area contributed by atoms with E-state index in [1.165, 1.54) is 5.56 Å². The van der Waals surface area contributed by atoms with Crippen LogP contribution in [-0.2, 0) is 24.1 Å². The number of amides is 1. The maximum atomic E-state index is 13.2. The quantitative estimate of drug-likeness (QED) is 0.190. The predicted molar refractivity (Wildman–Crippen MR) is 179 cm³/mol. The molecule has 1 N–H and O–H groups in total. The molecule has 10 heteroatoms. The summed E-state index contributed by atoms with van der Waals surface area (Å²) in [4.78, 5) is 17.9. The molecule has 0 radical (unpaired) electrons. The normalized spacial score (nSPS) is 17.2. The van der Waals surface area contributed by atoms with E-state index in [1.807, 2.05) is 65.5 Å². The van der Waals surface area contributed by atoms with Crippen LogP contribution in [0.2, 0.25) is 10.0 Å². The highest BCUT2D eigenvalue weighted by molar-refractivity contribution is 6.42. The molecule has 4 aromatic rings. The number of hydrogen-bond acceptors (Lipinski definition) is 6. The average molecular weight is 648 g/mol. The third-order valence-corrected chi connectivity index (χ3v) is 9.59. The van der Waals surface area contributed by atoms with Crippen molar-refractivity contribution in [2.75, 3.05) is 31.1 Å². The van der Waals surface area contributed by atoms with E-state index in [0.29, 0.717) is 29.4 Å². The van der Waals surface area contributed by atoms with Crippen LogP contribution in [-0.4, -0.2) is 64.3 Å². The number of carbonyl (C=O) groups is 1. The molecule has 0 spiro atoms. The molecule has 6 rings (SSSR count). The van der Waals surface area contributed by atoms with Gasteiger partial charge in [-0.25, -0.2) is 9.48 Å². The van der Waals surface area contributed by atoms with E-state index in [-0.39, 0.29) is 24.3 Å². The van der Waals surface area contributed by atoms with Gasteiger partial charge in [-0.05, 0) is 67.9 Å². The lowest BCUT2D eigenvalue weighted by Crippen LogP contribution is -2.46. The van der Waals surface area contributed by atoms with E-state index >= 15 is 0 Å². The minimum absolute atomic E-state index is 0.00920. The fourth-order valence-electron chi connectivity index (χ4n) is 6.39. The summed E-state index contributed by atoms with van der Waals surface area (Å²) in [6.07, 6.45) is 7.07. The number of ether oxygens (including phenoxy) is 1. The summed E-state index contributed by atoms with van der Waals surface area (Å²) in [6, 6.07) is 26.0. The van der Waals surface area contributed by atoms with Gasteiger partial charge in [0.2, 0.25) is 0 Å². The van der Waals surface area contributed by atoms with Crippen LogP contribution in [0, 0.1) is 0 Å². The summed E-state index contributed by atoms with van der Waals surface area (Å²) >= 11 is 12.4. The molecule has 1 aromatic heterocycles. The number of aromatic nitrogens is 3. The van der Waals surface area contributed by atoms with Crippen molar-refractivity contribution in [3.05, 3.63) is 112 Å². The number of carbonyl (C=O) groups excluding carboxylic acids is 1. The third kappa shape index (κ3) is 8.57. The van der Waals surface area contributed by atoms with E-state index in [1.54, 1.807) is 0 Å². The first-order chi connectivity index (χ1) is 22.0. The monoisotopic (exact) mass is 646 g/mol. The van der Waals surface area contributed by atoms with E-state index in [2.05, 4.69) is 49.7 Å². The number of anilines is 1. The maximum absolute atomic E-state index is 13.2. The van der Waals surface area contributed by atoms with Gasteiger partial charge in [0.25, 0.3) is 0 Å². The standard InChI is InChI=1S/C35H40Cl2N6O2/c36-31-16-15-29(23-32(31)37)42-19-17-41(18-20-42)24-28-25-43(40-39-28)34(22-27-11-5-2-6-12-27)33(21-26-9-3-1-4-10-26)38-35(44)45-30-13-7-8-14-30/h1-6,9-12,15-16,23,25,30,33-34H,7-8,13-14,17-22,24H2,(H,38,44)/t33-,34-/m0/s1. The Morgan fingerprint density at radius 3 is 2.20 bits per heavy atom. The molecule has 3 aromatic carbocycles. The van der Waals surface area contributed by atoms with Crippen LogP contribution >= 0.6 is 23.2 Å². The summed E-state index contributed by atoms with van der Waals surface area (Å²) in [5.41, 5.74) is 4.30. The van der Waals surface area contributed by atoms with Crippen molar-refractivity contribution >= 4 is 35.0 Å². The fourth-order valence-corrected chi connectivity index (χ4v) is 6.69. The maximum Gasteiger partial charge on any atom is 0.407 e. The van der Waals surface area contributed by atoms with Crippen molar-refractivity contribution in [1.29, 1.82) is 0 Å². The minimum atomic E-state index is -0.360. The van der Waals surface area contributed by atoms with Crippen LogP contribution in [0.4, 0.5) is 10.5 Å². The number of piperazine rings is 1. The molecule has 1 saturated carbocycles. The number of halogens is 2. The van der Waals surface area contributed by atoms with Gasteiger partial charge in [0.1, 0.15) is 6.10 Å². The van der Waals surface area contributed by atoms with Crippen LogP contribution in [0.3, 0.4) is 0 Å². The molecule has 2 fully saturated rings. The number of rotatable bonds is 11. The van der Waals surface area contributed by atoms with Gasteiger partial charge in [-0.2, -0.15) is 0 Å². The lowest BCUT2D eigenvalue weighted by atomic mass is 9.94. The van der Waals surface area contributed by atoms with E-state index in [0.717, 1.165) is 68.8 Å². The van der Waals surface area contributed by atoms with Gasteiger partial charge < -0.3 is 15.0 Å². The molecular weight excluding hydrogens is 607 g/mol. The Morgan fingerprint density at radius 1 is 0.867 bits per heavy atom. The van der Waals surface area contributed by atoms with Crippen molar-refractivity contribution in [3.8, 4) is 0 Å². The summed E-state index contributed by atoms with van der Waals surface area (Å²) in [6.45, 7) is 4.26. The molecule has 45 heavy (non-hydrogen) atoms. The zero-order valence-electron chi connectivity index (χ0n) is 25.4. The van der Waals surface area contributed by atoms with Gasteiger partial charge in [-0.15, -0.1) is 5.10 Å². The highest BCUT2D eigenvalue weighted by Crippen LogP contribution is 2.28. The van der Waals surface area contributed by atoms with Gasteiger partial charge in [-0.1, -0.05) is 89.1 Å². The Balaban J connectivity index is 1.18. The van der Waals surface area contributed by atoms with Crippen LogP contribution in [0.1, 0.15) is 48.5 Å². The Hall–Kier alpha value is -3.59. The lowest BCUT2D eigenvalue weighted by Gasteiger charge is -2.35. The molecule has 1 aliphatic carbocycles. The molecule has 2 heterocycles. The minimum Gasteiger partial charge on any atom is -0.446 e. The van der Waals surface area contributed by atoms with Crippen LogP contribution in [0.5, 0.6) is 0 Å². The molecule has 8 nitrogen and oxygen atoms in total. The third-order valence-electron chi connectivity index (χ3n) is 8.85. The largest absolute Gasteiger partial charge is 0.446 e. The molecular formula is C35H40Cl2N6O2. The van der Waals surface area contributed by atoms with Crippen molar-refractivity contribution < 1.29 is 9.53 Å². The lowest BCUT2D eigenvalue weighted by molar-refractivity contribution is 0.0946. The summed E-state index contributed by atoms with van der Waals surface area (Å²) in [5, 5.41) is 13.6. The number of nitrogens with one attached hydrogen (secondary N) is 1. The molecule has 1 saturated heterocycles. The molecule has 0 unspecified atom stereocenters. The van der Waals surface area contributed by atoms with Gasteiger partial charge in [0.05, 0.1) is 34.0 Å². The first kappa shape index (κ1) is 31.4. The highest BCUT2D eigenvalue weighted by atomic mass is 35.5. The zero-order chi connectivity index (χ0) is 31.0. The first-order valence-corrected chi connectivity index (χ1v) is 16.6. The van der Waals surface area contributed by atoms with Crippen LogP contribution in [0.25, 0.3) is 0 Å². The topological polar surface area (TPSA) is 75.5 Å². The molecule has 2 aliphatic rings. The van der Waals surface area contributed by atoms with E-state index in [4.69, 9.17) is 27.9 Å². The SMILES string of the molecule is O=C(N[C@@H](Cc1ccccc1)[C@H](Cc1ccccc1)n1cc(CN2CCN(c3ccc(Cl)c(Cl)c3)CC2)nn1)OC1CCCC1. The Labute approximate surface area is 275 Å². The second kappa shape index (κ2) is 15.1. The molecule has 0 bridgehead atoms. The van der Waals surface area contributed by atoms with Crippen molar-refractivity contribution in [3.63, 3.8) is 0 Å². The van der Waals surface area contributed by atoms with Gasteiger partial charge >= 0.3 is 6.09 Å².